The number of ether oxygens (including phenoxy) is 1. The number of esters is 1. The Bertz CT molecular complexity index is 1130. The van der Waals surface area contributed by atoms with Crippen molar-refractivity contribution in [3.05, 3.63) is 53.7 Å². The molecule has 2 aromatic heterocycles. The van der Waals surface area contributed by atoms with Crippen molar-refractivity contribution in [1.82, 2.24) is 5.16 Å². The van der Waals surface area contributed by atoms with Gasteiger partial charge in [0.25, 0.3) is 10.0 Å². The molecule has 138 valence electrons. The molecule has 27 heavy (non-hydrogen) atoms. The van der Waals surface area contributed by atoms with Crippen LogP contribution in [0.4, 0.5) is 5.69 Å². The van der Waals surface area contributed by atoms with E-state index in [1.54, 1.807) is 31.2 Å². The molecule has 3 rings (SSSR count). The predicted molar refractivity (Wildman–Crippen MR) is 97.7 cm³/mol. The molecular formula is C17H13N3O5S2. The van der Waals surface area contributed by atoms with E-state index in [1.165, 1.54) is 18.2 Å². The standard InChI is InChI=1S/C17H13N3O5S2/c1-2-24-17(21)13-9-14(25-19-13)15-6-7-16(26-15)27(22,23)20-12-5-3-4-11(8-12)10-18/h3-9,20H,2H2,1H3. The van der Waals surface area contributed by atoms with Crippen LogP contribution in [0.5, 0.6) is 0 Å². The molecule has 0 radical (unpaired) electrons. The molecule has 0 unspecified atom stereocenters. The summed E-state index contributed by atoms with van der Waals surface area (Å²) in [6, 6.07) is 12.5. The fourth-order valence-electron chi connectivity index (χ4n) is 2.15. The van der Waals surface area contributed by atoms with Crippen LogP contribution >= 0.6 is 11.3 Å². The van der Waals surface area contributed by atoms with E-state index in [1.807, 2.05) is 6.07 Å². The first-order chi connectivity index (χ1) is 12.9. The second kappa shape index (κ2) is 7.61. The third-order valence-electron chi connectivity index (χ3n) is 3.33. The SMILES string of the molecule is CCOC(=O)c1cc(-c2ccc(S(=O)(=O)Nc3cccc(C#N)c3)s2)on1. The molecular weight excluding hydrogens is 390 g/mol. The number of anilines is 1. The van der Waals surface area contributed by atoms with Crippen molar-refractivity contribution in [3.8, 4) is 16.7 Å². The van der Waals surface area contributed by atoms with Crippen molar-refractivity contribution >= 4 is 33.0 Å². The highest BCUT2D eigenvalue weighted by atomic mass is 32.2. The van der Waals surface area contributed by atoms with Gasteiger partial charge in [-0.05, 0) is 37.3 Å². The number of carbonyl (C=O) groups excluding carboxylic acids is 1. The quantitative estimate of drug-likeness (QED) is 0.627. The maximum atomic E-state index is 12.5. The molecule has 0 atom stereocenters. The number of nitriles is 1. The smallest absolute Gasteiger partial charge is 0.360 e. The van der Waals surface area contributed by atoms with Gasteiger partial charge in [0.05, 0.1) is 28.8 Å². The molecule has 2 heterocycles. The van der Waals surface area contributed by atoms with Crippen molar-refractivity contribution in [2.45, 2.75) is 11.1 Å². The third-order valence-corrected chi connectivity index (χ3v) is 6.30. The van der Waals surface area contributed by atoms with Gasteiger partial charge in [0.15, 0.2) is 11.5 Å². The lowest BCUT2D eigenvalue weighted by atomic mass is 10.2. The Hall–Kier alpha value is -3.16. The summed E-state index contributed by atoms with van der Waals surface area (Å²) < 4.78 is 37.5. The minimum absolute atomic E-state index is 0.0103. The summed E-state index contributed by atoms with van der Waals surface area (Å²) in [7, 11) is -3.84. The monoisotopic (exact) mass is 403 g/mol. The van der Waals surface area contributed by atoms with Crippen molar-refractivity contribution in [3.63, 3.8) is 0 Å². The lowest BCUT2D eigenvalue weighted by Crippen LogP contribution is -2.11. The molecule has 0 bridgehead atoms. The molecule has 0 saturated carbocycles. The average Bonchev–Trinajstić information content (AvgIpc) is 3.31. The first-order valence-electron chi connectivity index (χ1n) is 7.70. The van der Waals surface area contributed by atoms with Gasteiger partial charge < -0.3 is 9.26 Å². The lowest BCUT2D eigenvalue weighted by molar-refractivity contribution is 0.0514. The van der Waals surface area contributed by atoms with Crippen molar-refractivity contribution in [2.24, 2.45) is 0 Å². The molecule has 10 heteroatoms. The minimum Gasteiger partial charge on any atom is -0.461 e. The van der Waals surface area contributed by atoms with E-state index in [9.17, 15) is 13.2 Å². The summed E-state index contributed by atoms with van der Waals surface area (Å²) in [4.78, 5) is 12.1. The molecule has 8 nitrogen and oxygen atoms in total. The topological polar surface area (TPSA) is 122 Å². The molecule has 0 aliphatic rings. The molecule has 0 aliphatic heterocycles. The summed E-state index contributed by atoms with van der Waals surface area (Å²) in [5, 5.41) is 12.5. The summed E-state index contributed by atoms with van der Waals surface area (Å²) in [5.74, 6) is -0.355. The molecule has 0 fully saturated rings. The van der Waals surface area contributed by atoms with Gasteiger partial charge >= 0.3 is 5.97 Å². The second-order valence-corrected chi connectivity index (χ2v) is 8.21. The fourth-order valence-corrected chi connectivity index (χ4v) is 4.45. The minimum atomic E-state index is -3.84. The zero-order valence-electron chi connectivity index (χ0n) is 14.0. The number of rotatable bonds is 6. The van der Waals surface area contributed by atoms with Crippen LogP contribution in [-0.2, 0) is 14.8 Å². The highest BCUT2D eigenvalue weighted by molar-refractivity contribution is 7.94. The summed E-state index contributed by atoms with van der Waals surface area (Å²) >= 11 is 0.959. The zero-order chi connectivity index (χ0) is 19.4. The molecule has 3 aromatic rings. The van der Waals surface area contributed by atoms with Crippen LogP contribution in [0.3, 0.4) is 0 Å². The van der Waals surface area contributed by atoms with E-state index in [0.29, 0.717) is 10.4 Å². The van der Waals surface area contributed by atoms with Gasteiger partial charge in [-0.3, -0.25) is 4.72 Å². The maximum absolute atomic E-state index is 12.5. The van der Waals surface area contributed by atoms with Crippen molar-refractivity contribution in [1.29, 1.82) is 5.26 Å². The molecule has 1 N–H and O–H groups in total. The molecule has 0 spiro atoms. The number of carbonyl (C=O) groups is 1. The zero-order valence-corrected chi connectivity index (χ0v) is 15.6. The van der Waals surface area contributed by atoms with E-state index >= 15 is 0 Å². The average molecular weight is 403 g/mol. The van der Waals surface area contributed by atoms with Gasteiger partial charge in [-0.1, -0.05) is 11.2 Å². The van der Waals surface area contributed by atoms with Gasteiger partial charge in [0, 0.05) is 6.07 Å². The molecule has 0 amide bonds. The van der Waals surface area contributed by atoms with Crippen LogP contribution in [-0.4, -0.2) is 26.2 Å². The van der Waals surface area contributed by atoms with Gasteiger partial charge in [-0.15, -0.1) is 11.3 Å². The Kier molecular flexibility index (Phi) is 5.25. The number of hydrogen-bond acceptors (Lipinski definition) is 8. The van der Waals surface area contributed by atoms with E-state index in [-0.39, 0.29) is 28.0 Å². The number of benzene rings is 1. The number of thiophene rings is 1. The lowest BCUT2D eigenvalue weighted by Gasteiger charge is -2.06. The molecule has 0 saturated heterocycles. The Morgan fingerprint density at radius 2 is 2.15 bits per heavy atom. The summed E-state index contributed by atoms with van der Waals surface area (Å²) in [6.07, 6.45) is 0. The Morgan fingerprint density at radius 1 is 1.33 bits per heavy atom. The van der Waals surface area contributed by atoms with Crippen LogP contribution in [0.25, 0.3) is 10.6 Å². The number of nitrogens with zero attached hydrogens (tertiary/aromatic N) is 2. The maximum Gasteiger partial charge on any atom is 0.360 e. The predicted octanol–water partition coefficient (Wildman–Crippen LogP) is 3.25. The third kappa shape index (κ3) is 4.16. The van der Waals surface area contributed by atoms with Crippen molar-refractivity contribution < 1.29 is 22.5 Å². The number of sulfonamides is 1. The van der Waals surface area contributed by atoms with Crippen LogP contribution in [0.2, 0.25) is 0 Å². The Morgan fingerprint density at radius 3 is 2.89 bits per heavy atom. The van der Waals surface area contributed by atoms with Crippen LogP contribution < -0.4 is 4.72 Å². The summed E-state index contributed by atoms with van der Waals surface area (Å²) in [6.45, 7) is 1.88. The second-order valence-electron chi connectivity index (χ2n) is 5.21. The fraction of sp³-hybridized carbons (Fsp3) is 0.118. The summed E-state index contributed by atoms with van der Waals surface area (Å²) in [5.41, 5.74) is 0.639. The highest BCUT2D eigenvalue weighted by Gasteiger charge is 2.21. The van der Waals surface area contributed by atoms with Gasteiger partial charge in [0.2, 0.25) is 0 Å². The van der Waals surface area contributed by atoms with Crippen LogP contribution in [0.1, 0.15) is 23.0 Å². The van der Waals surface area contributed by atoms with E-state index in [4.69, 9.17) is 14.5 Å². The number of aromatic nitrogens is 1. The largest absolute Gasteiger partial charge is 0.461 e. The Balaban J connectivity index is 1.82. The van der Waals surface area contributed by atoms with Crippen molar-refractivity contribution in [2.75, 3.05) is 11.3 Å². The molecule has 1 aromatic carbocycles. The first kappa shape index (κ1) is 18.6. The number of nitrogens with one attached hydrogen (secondary N) is 1. The highest BCUT2D eigenvalue weighted by Crippen LogP contribution is 2.32. The Labute approximate surface area is 159 Å². The van der Waals surface area contributed by atoms with Gasteiger partial charge in [-0.25, -0.2) is 13.2 Å². The number of hydrogen-bond donors (Lipinski definition) is 1. The normalized spacial score (nSPS) is 11.0. The van der Waals surface area contributed by atoms with E-state index in [2.05, 4.69) is 9.88 Å². The van der Waals surface area contributed by atoms with E-state index in [0.717, 1.165) is 11.3 Å². The van der Waals surface area contributed by atoms with Gasteiger partial charge in [-0.2, -0.15) is 5.26 Å². The first-order valence-corrected chi connectivity index (χ1v) is 10.00. The van der Waals surface area contributed by atoms with E-state index < -0.39 is 16.0 Å². The van der Waals surface area contributed by atoms with Crippen LogP contribution in [0.15, 0.2) is 51.2 Å². The van der Waals surface area contributed by atoms with Gasteiger partial charge in [0.1, 0.15) is 4.21 Å². The van der Waals surface area contributed by atoms with Crippen LogP contribution in [0, 0.1) is 11.3 Å². The molecule has 0 aliphatic carbocycles.